The molecule has 0 saturated carbocycles. The molecule has 0 amide bonds. The highest BCUT2D eigenvalue weighted by atomic mass is 35.5. The smallest absolute Gasteiger partial charge is 0.173 e. The zero-order chi connectivity index (χ0) is 22.2. The average Bonchev–Trinajstić information content (AvgIpc) is 3.28. The first-order chi connectivity index (χ1) is 15.0. The third kappa shape index (κ3) is 6.60. The Kier molecular flexibility index (Phi) is 8.14. The quantitative estimate of drug-likeness (QED) is 0.461. The van der Waals surface area contributed by atoms with Crippen molar-refractivity contribution < 1.29 is 4.74 Å². The molecule has 0 bridgehead atoms. The van der Waals surface area contributed by atoms with Crippen LogP contribution in [0.3, 0.4) is 0 Å². The van der Waals surface area contributed by atoms with E-state index in [9.17, 15) is 0 Å². The van der Waals surface area contributed by atoms with E-state index in [-0.39, 0.29) is 0 Å². The lowest BCUT2D eigenvalue weighted by atomic mass is 10.2. The zero-order valence-corrected chi connectivity index (χ0v) is 19.7. The van der Waals surface area contributed by atoms with Crippen LogP contribution >= 0.6 is 23.8 Å². The molecule has 0 fully saturated rings. The predicted molar refractivity (Wildman–Crippen MR) is 132 cm³/mol. The summed E-state index contributed by atoms with van der Waals surface area (Å²) in [5, 5.41) is 4.51. The van der Waals surface area contributed by atoms with Crippen LogP contribution in [-0.2, 0) is 13.1 Å². The van der Waals surface area contributed by atoms with E-state index in [1.807, 2.05) is 38.8 Å². The van der Waals surface area contributed by atoms with Crippen LogP contribution in [0, 0.1) is 0 Å². The molecule has 31 heavy (non-hydrogen) atoms. The summed E-state index contributed by atoms with van der Waals surface area (Å²) < 4.78 is 7.39. The summed E-state index contributed by atoms with van der Waals surface area (Å²) in [5.74, 6) is 0.723. The molecule has 6 nitrogen and oxygen atoms in total. The number of thiocarbonyl (C=S) groups is 1. The number of anilines is 2. The largest absolute Gasteiger partial charge is 0.497 e. The number of ether oxygens (including phenoxy) is 1. The second-order valence-corrected chi connectivity index (χ2v) is 8.21. The minimum Gasteiger partial charge on any atom is -0.497 e. The molecule has 0 unspecified atom stereocenters. The fraction of sp³-hybridized carbons (Fsp3) is 0.304. The number of methoxy groups -OCH3 is 1. The summed E-state index contributed by atoms with van der Waals surface area (Å²) >= 11 is 12.1. The van der Waals surface area contributed by atoms with Crippen molar-refractivity contribution in [2.24, 2.45) is 0 Å². The molecular weight excluding hydrogens is 430 g/mol. The molecule has 1 aromatic heterocycles. The molecule has 0 saturated heterocycles. The highest BCUT2D eigenvalue weighted by Gasteiger charge is 2.13. The topological polar surface area (TPSA) is 45.6 Å². The molecule has 3 aromatic rings. The summed E-state index contributed by atoms with van der Waals surface area (Å²) in [6, 6.07) is 14.0. The van der Waals surface area contributed by atoms with Crippen molar-refractivity contribution >= 4 is 40.3 Å². The minimum atomic E-state index is 0.594. The number of aryl methyl sites for hydroxylation is 1. The Morgan fingerprint density at radius 2 is 1.97 bits per heavy atom. The Morgan fingerprint density at radius 3 is 2.61 bits per heavy atom. The Hall–Kier alpha value is -2.77. The van der Waals surface area contributed by atoms with Gasteiger partial charge in [0.15, 0.2) is 5.11 Å². The number of nitrogens with zero attached hydrogens (tertiary/aromatic N) is 4. The number of hydrogen-bond acceptors (Lipinski definition) is 4. The van der Waals surface area contributed by atoms with Crippen LogP contribution < -0.4 is 15.0 Å². The van der Waals surface area contributed by atoms with Crippen LogP contribution in [0.2, 0.25) is 5.02 Å². The number of halogens is 1. The van der Waals surface area contributed by atoms with Gasteiger partial charge in [0, 0.05) is 57.9 Å². The number of benzene rings is 2. The van der Waals surface area contributed by atoms with Gasteiger partial charge >= 0.3 is 0 Å². The van der Waals surface area contributed by atoms with Crippen molar-refractivity contribution in [3.05, 3.63) is 71.8 Å². The number of rotatable bonds is 9. The lowest BCUT2D eigenvalue weighted by Gasteiger charge is -2.27. The molecule has 1 N–H and O–H groups in total. The van der Waals surface area contributed by atoms with Gasteiger partial charge in [-0.2, -0.15) is 0 Å². The molecule has 3 rings (SSSR count). The summed E-state index contributed by atoms with van der Waals surface area (Å²) in [5.41, 5.74) is 3.09. The van der Waals surface area contributed by atoms with Crippen LogP contribution in [0.15, 0.2) is 61.2 Å². The molecule has 0 aliphatic heterocycles. The number of aromatic nitrogens is 2. The SMILES string of the molecule is COc1ccc(Cl)c(NC(=S)N(CCCn2ccnc2)Cc2ccc(N(C)C)cc2)c1. The van der Waals surface area contributed by atoms with Gasteiger partial charge in [0.2, 0.25) is 0 Å². The fourth-order valence-corrected chi connectivity index (χ4v) is 3.59. The van der Waals surface area contributed by atoms with Gasteiger partial charge in [-0.05, 0) is 48.5 Å². The summed E-state index contributed by atoms with van der Waals surface area (Å²) in [4.78, 5) is 8.35. The standard InChI is InChI=1S/C23H28ClN5OS/c1-27(2)19-7-5-18(6-8-19)16-29(13-4-12-28-14-11-25-17-28)23(31)26-22-15-20(30-3)9-10-21(22)24/h5-11,14-15,17H,4,12-13,16H2,1-3H3,(H,26,31). The average molecular weight is 458 g/mol. The van der Waals surface area contributed by atoms with E-state index >= 15 is 0 Å². The first kappa shape index (κ1) is 22.9. The molecule has 164 valence electrons. The van der Waals surface area contributed by atoms with E-state index in [1.165, 1.54) is 11.3 Å². The van der Waals surface area contributed by atoms with Crippen LogP contribution in [0.1, 0.15) is 12.0 Å². The highest BCUT2D eigenvalue weighted by Crippen LogP contribution is 2.27. The summed E-state index contributed by atoms with van der Waals surface area (Å²) in [6.07, 6.45) is 6.52. The van der Waals surface area contributed by atoms with Crippen LogP contribution in [-0.4, -0.2) is 47.3 Å². The molecule has 0 aliphatic carbocycles. The van der Waals surface area contributed by atoms with Gasteiger partial charge < -0.3 is 24.4 Å². The van der Waals surface area contributed by atoms with Crippen LogP contribution in [0.4, 0.5) is 11.4 Å². The van der Waals surface area contributed by atoms with E-state index in [2.05, 4.69) is 48.9 Å². The maximum Gasteiger partial charge on any atom is 0.173 e. The van der Waals surface area contributed by atoms with Crippen molar-refractivity contribution in [3.8, 4) is 5.75 Å². The van der Waals surface area contributed by atoms with Gasteiger partial charge in [0.25, 0.3) is 0 Å². The normalized spacial score (nSPS) is 10.6. The van der Waals surface area contributed by atoms with Crippen LogP contribution in [0.25, 0.3) is 0 Å². The summed E-state index contributed by atoms with van der Waals surface area (Å²) in [6.45, 7) is 2.37. The van der Waals surface area contributed by atoms with E-state index in [0.29, 0.717) is 16.7 Å². The maximum absolute atomic E-state index is 6.37. The number of nitrogens with one attached hydrogen (secondary N) is 1. The summed E-state index contributed by atoms with van der Waals surface area (Å²) in [7, 11) is 5.70. The van der Waals surface area contributed by atoms with E-state index in [4.69, 9.17) is 28.6 Å². The number of imidazole rings is 1. The van der Waals surface area contributed by atoms with Gasteiger partial charge in [-0.1, -0.05) is 23.7 Å². The Labute approximate surface area is 194 Å². The van der Waals surface area contributed by atoms with E-state index in [1.54, 1.807) is 19.4 Å². The third-order valence-electron chi connectivity index (χ3n) is 4.93. The van der Waals surface area contributed by atoms with Crippen molar-refractivity contribution in [2.75, 3.05) is 38.0 Å². The van der Waals surface area contributed by atoms with Gasteiger partial charge in [0.05, 0.1) is 24.1 Å². The van der Waals surface area contributed by atoms with Gasteiger partial charge in [-0.25, -0.2) is 4.98 Å². The molecule has 0 atom stereocenters. The Bertz CT molecular complexity index is 976. The Balaban J connectivity index is 1.72. The second kappa shape index (κ2) is 11.0. The molecule has 1 heterocycles. The zero-order valence-electron chi connectivity index (χ0n) is 18.1. The van der Waals surface area contributed by atoms with Gasteiger partial charge in [-0.3, -0.25) is 0 Å². The van der Waals surface area contributed by atoms with E-state index < -0.39 is 0 Å². The molecule has 2 aromatic carbocycles. The minimum absolute atomic E-state index is 0.594. The van der Waals surface area contributed by atoms with Gasteiger partial charge in [-0.15, -0.1) is 0 Å². The van der Waals surface area contributed by atoms with Crippen molar-refractivity contribution in [1.82, 2.24) is 14.5 Å². The maximum atomic E-state index is 6.37. The predicted octanol–water partition coefficient (Wildman–Crippen LogP) is 4.90. The second-order valence-electron chi connectivity index (χ2n) is 7.41. The molecular formula is C23H28ClN5OS. The van der Waals surface area contributed by atoms with E-state index in [0.717, 1.165) is 30.9 Å². The third-order valence-corrected chi connectivity index (χ3v) is 5.62. The van der Waals surface area contributed by atoms with Crippen molar-refractivity contribution in [2.45, 2.75) is 19.5 Å². The van der Waals surface area contributed by atoms with Gasteiger partial charge in [0.1, 0.15) is 5.75 Å². The molecule has 0 spiro atoms. The lowest BCUT2D eigenvalue weighted by molar-refractivity contribution is 0.396. The van der Waals surface area contributed by atoms with Crippen molar-refractivity contribution in [1.29, 1.82) is 0 Å². The number of hydrogen-bond donors (Lipinski definition) is 1. The molecule has 8 heteroatoms. The monoisotopic (exact) mass is 457 g/mol. The van der Waals surface area contributed by atoms with Crippen molar-refractivity contribution in [3.63, 3.8) is 0 Å². The lowest BCUT2D eigenvalue weighted by Crippen LogP contribution is -2.35. The first-order valence-electron chi connectivity index (χ1n) is 10.1. The first-order valence-corrected chi connectivity index (χ1v) is 10.9. The molecule has 0 aliphatic rings. The fourth-order valence-electron chi connectivity index (χ4n) is 3.16. The Morgan fingerprint density at radius 1 is 1.19 bits per heavy atom. The highest BCUT2D eigenvalue weighted by molar-refractivity contribution is 7.80. The molecule has 0 radical (unpaired) electrons. The van der Waals surface area contributed by atoms with Crippen LogP contribution in [0.5, 0.6) is 5.75 Å².